The predicted octanol–water partition coefficient (Wildman–Crippen LogP) is 4.51. The van der Waals surface area contributed by atoms with Gasteiger partial charge in [0.2, 0.25) is 11.6 Å². The summed E-state index contributed by atoms with van der Waals surface area (Å²) in [6, 6.07) is 4.99. The molecule has 0 aliphatic carbocycles. The van der Waals surface area contributed by atoms with Crippen molar-refractivity contribution >= 4 is 34.6 Å². The Bertz CT molecular complexity index is 934. The van der Waals surface area contributed by atoms with Gasteiger partial charge < -0.3 is 20.7 Å². The van der Waals surface area contributed by atoms with Gasteiger partial charge in [-0.3, -0.25) is 10.1 Å². The van der Waals surface area contributed by atoms with Gasteiger partial charge in [-0.15, -0.1) is 0 Å². The highest BCUT2D eigenvalue weighted by atomic mass is 35.5. The van der Waals surface area contributed by atoms with Gasteiger partial charge in [0.25, 0.3) is 0 Å². The molecule has 3 N–H and O–H groups in total. The summed E-state index contributed by atoms with van der Waals surface area (Å²) in [5, 5.41) is 22.2. The Kier molecular flexibility index (Phi) is 6.05. The minimum absolute atomic E-state index is 0.0124. The van der Waals surface area contributed by atoms with E-state index in [9.17, 15) is 10.1 Å². The van der Waals surface area contributed by atoms with Crippen molar-refractivity contribution in [1.82, 2.24) is 15.3 Å². The van der Waals surface area contributed by atoms with Gasteiger partial charge in [-0.25, -0.2) is 9.97 Å². The largest absolute Gasteiger partial charge is 0.495 e. The first-order chi connectivity index (χ1) is 14.0. The first-order valence-electron chi connectivity index (χ1n) is 9.65. The molecule has 0 atom stereocenters. The number of rotatable bonds is 6. The summed E-state index contributed by atoms with van der Waals surface area (Å²) in [7, 11) is 1.51. The zero-order valence-electron chi connectivity index (χ0n) is 17.7. The summed E-state index contributed by atoms with van der Waals surface area (Å²) in [5.74, 6) is 0.728. The molecule has 2 heterocycles. The van der Waals surface area contributed by atoms with Crippen molar-refractivity contribution in [3.63, 3.8) is 0 Å². The number of ether oxygens (including phenoxy) is 1. The van der Waals surface area contributed by atoms with Crippen molar-refractivity contribution in [3.05, 3.63) is 39.7 Å². The molecule has 0 unspecified atom stereocenters. The molecule has 1 aromatic heterocycles. The van der Waals surface area contributed by atoms with Crippen molar-refractivity contribution < 1.29 is 9.66 Å². The van der Waals surface area contributed by atoms with E-state index in [1.54, 1.807) is 18.2 Å². The highest BCUT2D eigenvalue weighted by Crippen LogP contribution is 2.37. The lowest BCUT2D eigenvalue weighted by molar-refractivity contribution is -0.383. The molecule has 1 fully saturated rings. The quantitative estimate of drug-likeness (QED) is 0.449. The Hall–Kier alpha value is -2.65. The lowest BCUT2D eigenvalue weighted by Gasteiger charge is -2.46. The van der Waals surface area contributed by atoms with Crippen LogP contribution < -0.4 is 20.7 Å². The van der Waals surface area contributed by atoms with Gasteiger partial charge in [0.05, 0.1) is 17.7 Å². The van der Waals surface area contributed by atoms with E-state index >= 15 is 0 Å². The van der Waals surface area contributed by atoms with E-state index in [0.717, 1.165) is 12.8 Å². The van der Waals surface area contributed by atoms with Gasteiger partial charge in [-0.1, -0.05) is 11.6 Å². The van der Waals surface area contributed by atoms with E-state index in [-0.39, 0.29) is 34.4 Å². The lowest BCUT2D eigenvalue weighted by atomic mass is 9.79. The van der Waals surface area contributed by atoms with Crippen LogP contribution in [0.1, 0.15) is 40.5 Å². The minimum atomic E-state index is -0.487. The molecule has 0 radical (unpaired) electrons. The van der Waals surface area contributed by atoms with Crippen LogP contribution in [-0.4, -0.2) is 39.1 Å². The van der Waals surface area contributed by atoms with Gasteiger partial charge in [-0.2, -0.15) is 0 Å². The Labute approximate surface area is 180 Å². The monoisotopic (exact) mass is 434 g/mol. The van der Waals surface area contributed by atoms with Crippen LogP contribution in [0.25, 0.3) is 0 Å². The van der Waals surface area contributed by atoms with Crippen molar-refractivity contribution in [2.45, 2.75) is 57.7 Å². The second kappa shape index (κ2) is 8.23. The van der Waals surface area contributed by atoms with Gasteiger partial charge in [0.15, 0.2) is 0 Å². The average molecular weight is 435 g/mol. The molecule has 0 spiro atoms. The van der Waals surface area contributed by atoms with Crippen LogP contribution in [0, 0.1) is 10.1 Å². The Morgan fingerprint density at radius 1 is 1.20 bits per heavy atom. The summed E-state index contributed by atoms with van der Waals surface area (Å²) in [6.07, 6.45) is 2.89. The molecule has 0 amide bonds. The zero-order valence-corrected chi connectivity index (χ0v) is 18.5. The minimum Gasteiger partial charge on any atom is -0.495 e. The van der Waals surface area contributed by atoms with E-state index in [0.29, 0.717) is 16.5 Å². The number of nitro groups is 1. The van der Waals surface area contributed by atoms with Crippen LogP contribution in [0.2, 0.25) is 5.02 Å². The van der Waals surface area contributed by atoms with E-state index < -0.39 is 4.92 Å². The topological polar surface area (TPSA) is 114 Å². The number of nitrogens with zero attached hydrogens (tertiary/aromatic N) is 3. The maximum Gasteiger partial charge on any atom is 0.353 e. The number of aromatic nitrogens is 2. The standard InChI is InChI=1S/C20H27ClN6O3/c1-19(2)9-13(10-20(3,4)26-19)24-17-16(27(28)29)18(23-11-22-17)25-14-8-12(21)6-7-15(14)30-5/h6-8,11,13,26H,9-10H2,1-5H3,(H2,22,23,24,25). The van der Waals surface area contributed by atoms with Crippen molar-refractivity contribution in [3.8, 4) is 5.75 Å². The number of nitrogens with one attached hydrogen (secondary N) is 3. The summed E-state index contributed by atoms with van der Waals surface area (Å²) in [5.41, 5.74) is 0.0166. The molecular formula is C20H27ClN6O3. The van der Waals surface area contributed by atoms with Crippen LogP contribution in [0.15, 0.2) is 24.5 Å². The van der Waals surface area contributed by atoms with Crippen molar-refractivity contribution in [2.24, 2.45) is 0 Å². The summed E-state index contributed by atoms with van der Waals surface area (Å²) < 4.78 is 5.31. The number of benzene rings is 1. The second-order valence-corrected chi connectivity index (χ2v) is 9.22. The molecule has 0 bridgehead atoms. The molecule has 0 saturated carbocycles. The number of hydrogen-bond donors (Lipinski definition) is 3. The Balaban J connectivity index is 1.94. The van der Waals surface area contributed by atoms with Gasteiger partial charge in [-0.05, 0) is 58.7 Å². The van der Waals surface area contributed by atoms with Gasteiger partial charge >= 0.3 is 5.69 Å². The zero-order chi connectivity index (χ0) is 22.1. The van der Waals surface area contributed by atoms with Gasteiger partial charge in [0.1, 0.15) is 12.1 Å². The number of hydrogen-bond acceptors (Lipinski definition) is 8. The first-order valence-corrected chi connectivity index (χ1v) is 10.0. The third-order valence-electron chi connectivity index (χ3n) is 4.95. The SMILES string of the molecule is COc1ccc(Cl)cc1Nc1ncnc(NC2CC(C)(C)NC(C)(C)C2)c1[N+](=O)[O-]. The number of piperidine rings is 1. The average Bonchev–Trinajstić information content (AvgIpc) is 2.59. The van der Waals surface area contributed by atoms with Crippen LogP contribution >= 0.6 is 11.6 Å². The van der Waals surface area contributed by atoms with Gasteiger partial charge in [0, 0.05) is 22.1 Å². The predicted molar refractivity (Wildman–Crippen MR) is 118 cm³/mol. The Morgan fingerprint density at radius 2 is 1.83 bits per heavy atom. The fraction of sp³-hybridized carbons (Fsp3) is 0.500. The fourth-order valence-corrected chi connectivity index (χ4v) is 4.44. The molecule has 162 valence electrons. The lowest BCUT2D eigenvalue weighted by Crippen LogP contribution is -2.60. The number of anilines is 3. The summed E-state index contributed by atoms with van der Waals surface area (Å²) in [6.45, 7) is 8.48. The third-order valence-corrected chi connectivity index (χ3v) is 5.19. The molecule has 10 heteroatoms. The van der Waals surface area contributed by atoms with E-state index in [1.165, 1.54) is 13.4 Å². The van der Waals surface area contributed by atoms with E-state index in [1.807, 2.05) is 0 Å². The van der Waals surface area contributed by atoms with Crippen LogP contribution in [0.5, 0.6) is 5.75 Å². The summed E-state index contributed by atoms with van der Waals surface area (Å²) >= 11 is 6.08. The molecular weight excluding hydrogens is 408 g/mol. The molecule has 1 aliphatic heterocycles. The van der Waals surface area contributed by atoms with Crippen molar-refractivity contribution in [2.75, 3.05) is 17.7 Å². The molecule has 9 nitrogen and oxygen atoms in total. The molecule has 2 aromatic rings. The molecule has 1 aliphatic rings. The fourth-order valence-electron chi connectivity index (χ4n) is 4.27. The highest BCUT2D eigenvalue weighted by molar-refractivity contribution is 6.31. The molecule has 1 saturated heterocycles. The number of halogens is 1. The second-order valence-electron chi connectivity index (χ2n) is 8.79. The summed E-state index contributed by atoms with van der Waals surface area (Å²) in [4.78, 5) is 19.7. The number of methoxy groups -OCH3 is 1. The third kappa shape index (κ3) is 5.09. The van der Waals surface area contributed by atoms with Crippen molar-refractivity contribution in [1.29, 1.82) is 0 Å². The van der Waals surface area contributed by atoms with E-state index in [2.05, 4.69) is 53.6 Å². The van der Waals surface area contributed by atoms with Crippen LogP contribution in [-0.2, 0) is 0 Å². The molecule has 30 heavy (non-hydrogen) atoms. The normalized spacial score (nSPS) is 17.9. The molecule has 1 aromatic carbocycles. The highest BCUT2D eigenvalue weighted by Gasteiger charge is 2.38. The first kappa shape index (κ1) is 22.0. The maximum absolute atomic E-state index is 11.9. The van der Waals surface area contributed by atoms with Crippen LogP contribution in [0.4, 0.5) is 23.0 Å². The molecule has 3 rings (SSSR count). The van der Waals surface area contributed by atoms with Crippen LogP contribution in [0.3, 0.4) is 0 Å². The Morgan fingerprint density at radius 3 is 2.43 bits per heavy atom. The van der Waals surface area contributed by atoms with E-state index in [4.69, 9.17) is 16.3 Å². The maximum atomic E-state index is 11.9. The smallest absolute Gasteiger partial charge is 0.353 e.